The molecule has 2 rings (SSSR count). The summed E-state index contributed by atoms with van der Waals surface area (Å²) in [5.41, 5.74) is 1.28. The van der Waals surface area contributed by atoms with Crippen LogP contribution in [0, 0.1) is 5.92 Å². The van der Waals surface area contributed by atoms with Crippen molar-refractivity contribution in [2.24, 2.45) is 5.92 Å². The van der Waals surface area contributed by atoms with E-state index in [9.17, 15) is 0 Å². The fourth-order valence-corrected chi connectivity index (χ4v) is 4.05. The van der Waals surface area contributed by atoms with Crippen LogP contribution >= 0.6 is 39.3 Å². The van der Waals surface area contributed by atoms with Gasteiger partial charge in [0.05, 0.1) is 0 Å². The maximum Gasteiger partial charge on any atom is 0.0417 e. The van der Waals surface area contributed by atoms with Gasteiger partial charge in [0.1, 0.15) is 0 Å². The molecule has 94 valence electrons. The van der Waals surface area contributed by atoms with Crippen molar-refractivity contribution in [1.82, 2.24) is 5.32 Å². The zero-order chi connectivity index (χ0) is 12.1. The Balaban J connectivity index is 1.77. The monoisotopic (exact) mass is 333 g/mol. The van der Waals surface area contributed by atoms with E-state index in [1.165, 1.54) is 29.9 Å². The van der Waals surface area contributed by atoms with E-state index in [0.717, 1.165) is 28.5 Å². The summed E-state index contributed by atoms with van der Waals surface area (Å²) in [6, 6.07) is 5.98. The average molecular weight is 335 g/mol. The summed E-state index contributed by atoms with van der Waals surface area (Å²) in [6.07, 6.45) is 2.72. The molecular weight excluding hydrogens is 318 g/mol. The molecule has 0 amide bonds. The fraction of sp³-hybridized carbons (Fsp3) is 0.538. The smallest absolute Gasteiger partial charge is 0.0417 e. The summed E-state index contributed by atoms with van der Waals surface area (Å²) in [7, 11) is 0. The van der Waals surface area contributed by atoms with Gasteiger partial charge in [-0.15, -0.1) is 0 Å². The highest BCUT2D eigenvalue weighted by atomic mass is 79.9. The van der Waals surface area contributed by atoms with Crippen molar-refractivity contribution < 1.29 is 0 Å². The molecule has 1 N–H and O–H groups in total. The Morgan fingerprint density at radius 2 is 2.12 bits per heavy atom. The second-order valence-electron chi connectivity index (χ2n) is 4.42. The molecule has 1 heterocycles. The predicted molar refractivity (Wildman–Crippen MR) is 80.9 cm³/mol. The van der Waals surface area contributed by atoms with Gasteiger partial charge in [-0.05, 0) is 54.5 Å². The molecule has 4 heteroatoms. The molecule has 0 radical (unpaired) electrons. The Hall–Kier alpha value is 0.300. The summed E-state index contributed by atoms with van der Waals surface area (Å²) in [6.45, 7) is 2.05. The van der Waals surface area contributed by atoms with Crippen molar-refractivity contribution in [1.29, 1.82) is 0 Å². The average Bonchev–Trinajstić information content (AvgIpc) is 2.33. The summed E-state index contributed by atoms with van der Waals surface area (Å²) in [5, 5.41) is 4.33. The van der Waals surface area contributed by atoms with Gasteiger partial charge in [0.25, 0.3) is 0 Å². The highest BCUT2D eigenvalue weighted by molar-refractivity contribution is 9.10. The Kier molecular flexibility index (Phi) is 5.67. The molecule has 0 bridgehead atoms. The largest absolute Gasteiger partial charge is 0.312 e. The second-order valence-corrected chi connectivity index (χ2v) is 6.94. The standard InChI is InChI=1S/C13H17BrClNS/c14-13-7-12(15)2-1-11(13)9-16-8-10-3-5-17-6-4-10/h1-2,7,10,16H,3-6,8-9H2. The van der Waals surface area contributed by atoms with Crippen LogP contribution < -0.4 is 5.32 Å². The van der Waals surface area contributed by atoms with E-state index in [-0.39, 0.29) is 0 Å². The molecule has 1 aliphatic rings. The van der Waals surface area contributed by atoms with E-state index in [2.05, 4.69) is 39.1 Å². The lowest BCUT2D eigenvalue weighted by atomic mass is 10.0. The topological polar surface area (TPSA) is 12.0 Å². The van der Waals surface area contributed by atoms with Crippen LogP contribution in [0.2, 0.25) is 5.02 Å². The van der Waals surface area contributed by atoms with Crippen molar-refractivity contribution in [3.8, 4) is 0 Å². The van der Waals surface area contributed by atoms with Crippen LogP contribution in [0.3, 0.4) is 0 Å². The second kappa shape index (κ2) is 7.03. The first-order valence-corrected chi connectivity index (χ1v) is 8.30. The lowest BCUT2D eigenvalue weighted by Gasteiger charge is -2.21. The molecule has 17 heavy (non-hydrogen) atoms. The minimum atomic E-state index is 0.782. The Morgan fingerprint density at radius 1 is 1.35 bits per heavy atom. The van der Waals surface area contributed by atoms with Gasteiger partial charge in [-0.2, -0.15) is 11.8 Å². The minimum absolute atomic E-state index is 0.782. The normalized spacial score (nSPS) is 17.3. The fourth-order valence-electron chi connectivity index (χ4n) is 2.03. The molecule has 1 aromatic carbocycles. The molecule has 1 saturated heterocycles. The van der Waals surface area contributed by atoms with Crippen LogP contribution in [-0.4, -0.2) is 18.1 Å². The van der Waals surface area contributed by atoms with Gasteiger partial charge in [-0.3, -0.25) is 0 Å². The van der Waals surface area contributed by atoms with Gasteiger partial charge in [-0.1, -0.05) is 33.6 Å². The van der Waals surface area contributed by atoms with Crippen molar-refractivity contribution in [2.75, 3.05) is 18.1 Å². The van der Waals surface area contributed by atoms with Gasteiger partial charge in [0, 0.05) is 16.0 Å². The quantitative estimate of drug-likeness (QED) is 0.879. The third-order valence-electron chi connectivity index (χ3n) is 3.10. The van der Waals surface area contributed by atoms with Gasteiger partial charge in [0.15, 0.2) is 0 Å². The van der Waals surface area contributed by atoms with E-state index < -0.39 is 0 Å². The summed E-state index contributed by atoms with van der Waals surface area (Å²) in [5.74, 6) is 3.52. The lowest BCUT2D eigenvalue weighted by molar-refractivity contribution is 0.447. The number of hydrogen-bond donors (Lipinski definition) is 1. The van der Waals surface area contributed by atoms with Gasteiger partial charge >= 0.3 is 0 Å². The van der Waals surface area contributed by atoms with Crippen LogP contribution in [0.25, 0.3) is 0 Å². The maximum atomic E-state index is 5.92. The molecule has 1 aromatic rings. The molecule has 0 unspecified atom stereocenters. The molecule has 0 aromatic heterocycles. The third-order valence-corrected chi connectivity index (χ3v) is 5.13. The highest BCUT2D eigenvalue weighted by Gasteiger charge is 2.13. The number of rotatable bonds is 4. The van der Waals surface area contributed by atoms with Gasteiger partial charge < -0.3 is 5.32 Å². The number of thioether (sulfide) groups is 1. The van der Waals surface area contributed by atoms with Crippen LogP contribution in [0.15, 0.2) is 22.7 Å². The molecule has 0 atom stereocenters. The van der Waals surface area contributed by atoms with E-state index in [4.69, 9.17) is 11.6 Å². The highest BCUT2D eigenvalue weighted by Crippen LogP contribution is 2.23. The number of halogens is 2. The molecular formula is C13H17BrClNS. The van der Waals surface area contributed by atoms with Crippen molar-refractivity contribution in [3.05, 3.63) is 33.3 Å². The molecule has 1 aliphatic heterocycles. The van der Waals surface area contributed by atoms with Gasteiger partial charge in [0.2, 0.25) is 0 Å². The first-order valence-electron chi connectivity index (χ1n) is 5.98. The first kappa shape index (κ1) is 13.7. The maximum absolute atomic E-state index is 5.92. The molecule has 0 spiro atoms. The van der Waals surface area contributed by atoms with Crippen molar-refractivity contribution >= 4 is 39.3 Å². The summed E-state index contributed by atoms with van der Waals surface area (Å²) < 4.78 is 1.09. The van der Waals surface area contributed by atoms with Crippen LogP contribution in [0.1, 0.15) is 18.4 Å². The molecule has 0 saturated carbocycles. The van der Waals surface area contributed by atoms with Crippen molar-refractivity contribution in [2.45, 2.75) is 19.4 Å². The third kappa shape index (κ3) is 4.47. The van der Waals surface area contributed by atoms with Crippen LogP contribution in [0.4, 0.5) is 0 Å². The number of hydrogen-bond acceptors (Lipinski definition) is 2. The van der Waals surface area contributed by atoms with E-state index in [1.54, 1.807) is 0 Å². The predicted octanol–water partition coefficient (Wildman–Crippen LogP) is 4.34. The summed E-state index contributed by atoms with van der Waals surface area (Å²) in [4.78, 5) is 0. The minimum Gasteiger partial charge on any atom is -0.312 e. The zero-order valence-electron chi connectivity index (χ0n) is 9.72. The van der Waals surface area contributed by atoms with E-state index in [0.29, 0.717) is 0 Å². The summed E-state index contributed by atoms with van der Waals surface area (Å²) >= 11 is 11.5. The van der Waals surface area contributed by atoms with Crippen molar-refractivity contribution in [3.63, 3.8) is 0 Å². The SMILES string of the molecule is Clc1ccc(CNCC2CCSCC2)c(Br)c1. The first-order chi connectivity index (χ1) is 8.25. The number of benzene rings is 1. The lowest BCUT2D eigenvalue weighted by Crippen LogP contribution is -2.25. The van der Waals surface area contributed by atoms with Gasteiger partial charge in [-0.25, -0.2) is 0 Å². The van der Waals surface area contributed by atoms with E-state index >= 15 is 0 Å². The van der Waals surface area contributed by atoms with Crippen LogP contribution in [0.5, 0.6) is 0 Å². The number of nitrogens with one attached hydrogen (secondary N) is 1. The van der Waals surface area contributed by atoms with E-state index in [1.807, 2.05) is 12.1 Å². The molecule has 1 fully saturated rings. The molecule has 0 aliphatic carbocycles. The zero-order valence-corrected chi connectivity index (χ0v) is 12.9. The Morgan fingerprint density at radius 3 is 2.82 bits per heavy atom. The molecule has 1 nitrogen and oxygen atoms in total. The Bertz CT molecular complexity index is 366. The van der Waals surface area contributed by atoms with Crippen LogP contribution in [-0.2, 0) is 6.54 Å². The Labute approximate surface area is 121 Å².